The summed E-state index contributed by atoms with van der Waals surface area (Å²) in [6.45, 7) is 4.45. The van der Waals surface area contributed by atoms with E-state index < -0.39 is 0 Å². The Morgan fingerprint density at radius 2 is 1.96 bits per heavy atom. The molecule has 1 heterocycles. The zero-order valence-electron chi connectivity index (χ0n) is 14.6. The second-order valence-electron chi connectivity index (χ2n) is 6.08. The van der Waals surface area contributed by atoms with E-state index in [9.17, 15) is 9.90 Å². The van der Waals surface area contributed by atoms with E-state index in [1.807, 2.05) is 42.8 Å². The van der Waals surface area contributed by atoms with Crippen LogP contribution in [0.5, 0.6) is 5.75 Å². The Morgan fingerprint density at radius 1 is 1.19 bits per heavy atom. The third kappa shape index (κ3) is 3.86. The average Bonchev–Trinajstić information content (AvgIpc) is 2.88. The smallest absolute Gasteiger partial charge is 0.185 e. The fourth-order valence-corrected chi connectivity index (χ4v) is 3.00. The first-order valence-corrected chi connectivity index (χ1v) is 8.62. The quantitative estimate of drug-likeness (QED) is 0.521. The largest absolute Gasteiger partial charge is 0.508 e. The third-order valence-electron chi connectivity index (χ3n) is 4.25. The van der Waals surface area contributed by atoms with Crippen LogP contribution >= 0.6 is 11.6 Å². The molecule has 0 amide bonds. The van der Waals surface area contributed by atoms with Crippen molar-refractivity contribution < 1.29 is 9.90 Å². The van der Waals surface area contributed by atoms with Gasteiger partial charge in [0, 0.05) is 21.8 Å². The van der Waals surface area contributed by atoms with Gasteiger partial charge in [-0.25, -0.2) is 0 Å². The summed E-state index contributed by atoms with van der Waals surface area (Å²) in [5.41, 5.74) is 4.15. The lowest BCUT2D eigenvalue weighted by Gasteiger charge is -2.06. The summed E-state index contributed by atoms with van der Waals surface area (Å²) in [6.07, 6.45) is 3.28. The molecule has 4 nitrogen and oxygen atoms in total. The molecule has 1 aromatic heterocycles. The lowest BCUT2D eigenvalue weighted by atomic mass is 10.1. The summed E-state index contributed by atoms with van der Waals surface area (Å²) in [6, 6.07) is 14.0. The molecular formula is C21H19ClN2O2. The Kier molecular flexibility index (Phi) is 5.24. The van der Waals surface area contributed by atoms with E-state index in [0.29, 0.717) is 17.1 Å². The molecule has 3 rings (SSSR count). The van der Waals surface area contributed by atoms with Crippen LogP contribution in [0.25, 0.3) is 6.08 Å². The molecule has 0 bridgehead atoms. The highest BCUT2D eigenvalue weighted by Gasteiger charge is 2.11. The Morgan fingerprint density at radius 3 is 2.69 bits per heavy atom. The van der Waals surface area contributed by atoms with Crippen LogP contribution in [-0.2, 0) is 6.54 Å². The SMILES string of the molecule is Cc1nn(Cc2ccccc2Cl)c(C)c1/C=C/C(=O)c1cccc(O)c1. The minimum Gasteiger partial charge on any atom is -0.508 e. The molecule has 0 saturated carbocycles. The van der Waals surface area contributed by atoms with Crippen molar-refractivity contribution in [2.75, 3.05) is 0 Å². The fourth-order valence-electron chi connectivity index (χ4n) is 2.81. The Balaban J connectivity index is 1.84. The Bertz CT molecular complexity index is 989. The van der Waals surface area contributed by atoms with Gasteiger partial charge in [0.1, 0.15) is 5.75 Å². The number of benzene rings is 2. The molecule has 1 N–H and O–H groups in total. The van der Waals surface area contributed by atoms with Crippen molar-refractivity contribution in [2.24, 2.45) is 0 Å². The van der Waals surface area contributed by atoms with Crippen molar-refractivity contribution in [3.05, 3.63) is 87.7 Å². The minimum atomic E-state index is -0.168. The van der Waals surface area contributed by atoms with Crippen molar-refractivity contribution >= 4 is 23.5 Å². The summed E-state index contributed by atoms with van der Waals surface area (Å²) in [7, 11) is 0. The lowest BCUT2D eigenvalue weighted by Crippen LogP contribution is -2.04. The van der Waals surface area contributed by atoms with Crippen LogP contribution < -0.4 is 0 Å². The summed E-state index contributed by atoms with van der Waals surface area (Å²) >= 11 is 6.24. The van der Waals surface area contributed by atoms with Crippen molar-refractivity contribution in [1.82, 2.24) is 9.78 Å². The molecule has 5 heteroatoms. The number of rotatable bonds is 5. The number of nitrogens with zero attached hydrogens (tertiary/aromatic N) is 2. The number of hydrogen-bond acceptors (Lipinski definition) is 3. The molecule has 2 aromatic carbocycles. The van der Waals surface area contributed by atoms with Crippen molar-refractivity contribution in [1.29, 1.82) is 0 Å². The predicted molar refractivity (Wildman–Crippen MR) is 104 cm³/mol. The summed E-state index contributed by atoms with van der Waals surface area (Å²) in [5.74, 6) is -0.0947. The average molecular weight is 367 g/mol. The number of aromatic nitrogens is 2. The van der Waals surface area contributed by atoms with Crippen LogP contribution in [0.3, 0.4) is 0 Å². The van der Waals surface area contributed by atoms with Gasteiger partial charge in [0.15, 0.2) is 5.78 Å². The zero-order valence-corrected chi connectivity index (χ0v) is 15.4. The third-order valence-corrected chi connectivity index (χ3v) is 4.62. The van der Waals surface area contributed by atoms with E-state index in [4.69, 9.17) is 11.6 Å². The lowest BCUT2D eigenvalue weighted by molar-refractivity contribution is 0.104. The summed E-state index contributed by atoms with van der Waals surface area (Å²) < 4.78 is 1.88. The van der Waals surface area contributed by atoms with Crippen molar-refractivity contribution in [3.8, 4) is 5.75 Å². The molecule has 0 unspecified atom stereocenters. The number of ketones is 1. The molecule has 0 atom stereocenters. The molecular weight excluding hydrogens is 348 g/mol. The van der Waals surface area contributed by atoms with Gasteiger partial charge >= 0.3 is 0 Å². The number of phenolic OH excluding ortho intramolecular Hbond substituents is 1. The molecule has 132 valence electrons. The zero-order chi connectivity index (χ0) is 18.7. The van der Waals surface area contributed by atoms with Gasteiger partial charge in [0.05, 0.1) is 12.2 Å². The van der Waals surface area contributed by atoms with Gasteiger partial charge < -0.3 is 5.11 Å². The predicted octanol–water partition coefficient (Wildman–Crippen LogP) is 4.80. The normalized spacial score (nSPS) is 11.2. The molecule has 0 aliphatic heterocycles. The van der Waals surface area contributed by atoms with Gasteiger partial charge in [-0.15, -0.1) is 0 Å². The van der Waals surface area contributed by atoms with Crippen LogP contribution in [0.15, 0.2) is 54.6 Å². The molecule has 3 aromatic rings. The van der Waals surface area contributed by atoms with Crippen molar-refractivity contribution in [2.45, 2.75) is 20.4 Å². The number of aromatic hydroxyl groups is 1. The number of aryl methyl sites for hydroxylation is 1. The maximum Gasteiger partial charge on any atom is 0.185 e. The van der Waals surface area contributed by atoms with Crippen LogP contribution in [0.2, 0.25) is 5.02 Å². The number of carbonyl (C=O) groups excluding carboxylic acids is 1. The maximum absolute atomic E-state index is 12.3. The second kappa shape index (κ2) is 7.58. The van der Waals surface area contributed by atoms with Gasteiger partial charge in [0.25, 0.3) is 0 Å². The van der Waals surface area contributed by atoms with Crippen LogP contribution in [0.1, 0.15) is 32.9 Å². The van der Waals surface area contributed by atoms with Gasteiger partial charge in [-0.05, 0) is 49.8 Å². The molecule has 0 fully saturated rings. The fraction of sp³-hybridized carbons (Fsp3) is 0.143. The monoisotopic (exact) mass is 366 g/mol. The van der Waals surface area contributed by atoms with Gasteiger partial charge in [-0.3, -0.25) is 9.48 Å². The molecule has 0 radical (unpaired) electrons. The van der Waals surface area contributed by atoms with Crippen molar-refractivity contribution in [3.63, 3.8) is 0 Å². The van der Waals surface area contributed by atoms with Gasteiger partial charge in [-0.2, -0.15) is 5.10 Å². The van der Waals surface area contributed by atoms with Gasteiger partial charge in [0.2, 0.25) is 0 Å². The number of carbonyl (C=O) groups is 1. The summed E-state index contributed by atoms with van der Waals surface area (Å²) in [5, 5.41) is 14.8. The van der Waals surface area contributed by atoms with E-state index >= 15 is 0 Å². The highest BCUT2D eigenvalue weighted by molar-refractivity contribution is 6.31. The highest BCUT2D eigenvalue weighted by Crippen LogP contribution is 2.21. The first kappa shape index (κ1) is 18.0. The van der Waals surface area contributed by atoms with E-state index in [0.717, 1.165) is 22.5 Å². The van der Waals surface area contributed by atoms with Crippen LogP contribution in [-0.4, -0.2) is 20.7 Å². The topological polar surface area (TPSA) is 55.1 Å². The number of halogens is 1. The first-order chi connectivity index (χ1) is 12.5. The van der Waals surface area contributed by atoms with Gasteiger partial charge in [-0.1, -0.05) is 41.9 Å². The van der Waals surface area contributed by atoms with E-state index in [1.54, 1.807) is 18.2 Å². The van der Waals surface area contributed by atoms with Crippen LogP contribution in [0, 0.1) is 13.8 Å². The highest BCUT2D eigenvalue weighted by atomic mass is 35.5. The number of allylic oxidation sites excluding steroid dienone is 1. The number of hydrogen-bond donors (Lipinski definition) is 1. The molecule has 0 aliphatic carbocycles. The summed E-state index contributed by atoms with van der Waals surface area (Å²) in [4.78, 5) is 12.3. The van der Waals surface area contributed by atoms with E-state index in [2.05, 4.69) is 5.10 Å². The maximum atomic E-state index is 12.3. The Labute approximate surface area is 157 Å². The second-order valence-corrected chi connectivity index (χ2v) is 6.49. The molecule has 26 heavy (non-hydrogen) atoms. The van der Waals surface area contributed by atoms with E-state index in [1.165, 1.54) is 18.2 Å². The minimum absolute atomic E-state index is 0.0733. The molecule has 0 spiro atoms. The molecule has 0 aliphatic rings. The first-order valence-electron chi connectivity index (χ1n) is 8.24. The van der Waals surface area contributed by atoms with E-state index in [-0.39, 0.29) is 11.5 Å². The number of phenols is 1. The standard InChI is InChI=1S/C21H19ClN2O2/c1-14-19(10-11-21(26)16-7-5-8-18(25)12-16)15(2)24(23-14)13-17-6-3-4-9-20(17)22/h3-12,25H,13H2,1-2H3/b11-10+. The molecule has 0 saturated heterocycles. The van der Waals surface area contributed by atoms with Crippen LogP contribution in [0.4, 0.5) is 0 Å². The Hall–Kier alpha value is -2.85.